The summed E-state index contributed by atoms with van der Waals surface area (Å²) in [4.78, 5) is 36.4. The van der Waals surface area contributed by atoms with E-state index in [0.717, 1.165) is 5.56 Å². The van der Waals surface area contributed by atoms with E-state index in [9.17, 15) is 14.4 Å². The number of ether oxygens (including phenoxy) is 2. The van der Waals surface area contributed by atoms with E-state index >= 15 is 0 Å². The molecule has 1 aromatic rings. The Bertz CT molecular complexity index is 716. The highest BCUT2D eigenvalue weighted by atomic mass is 35.5. The van der Waals surface area contributed by atoms with Gasteiger partial charge in [0.2, 0.25) is 0 Å². The van der Waals surface area contributed by atoms with E-state index in [1.807, 2.05) is 0 Å². The van der Waals surface area contributed by atoms with Gasteiger partial charge in [-0.15, -0.1) is 11.8 Å². The van der Waals surface area contributed by atoms with Gasteiger partial charge in [0.15, 0.2) is 5.78 Å². The Balaban J connectivity index is 1.99. The number of carbonyl (C=O) groups excluding carboxylic acids is 3. The zero-order valence-electron chi connectivity index (χ0n) is 15.1. The van der Waals surface area contributed by atoms with Crippen molar-refractivity contribution in [3.8, 4) is 0 Å². The van der Waals surface area contributed by atoms with Crippen LogP contribution in [0.2, 0.25) is 5.02 Å². The van der Waals surface area contributed by atoms with E-state index in [-0.39, 0.29) is 16.8 Å². The van der Waals surface area contributed by atoms with Crippen molar-refractivity contribution >= 4 is 41.2 Å². The van der Waals surface area contributed by atoms with Crippen molar-refractivity contribution in [3.63, 3.8) is 0 Å². The number of fused-ring (bicyclic) bond motifs is 1. The average molecular weight is 400 g/mol. The standard InChI is InChI=1S/C18H22ClNO5S/c1-18(2,3)25-17(23)20-13(16(22)24-4)9-26-14-8-10-7-11(19)5-6-12(10)15(14)21/h5-7,13-14H,8-9H2,1-4H3,(H,20,23). The largest absolute Gasteiger partial charge is 0.467 e. The van der Waals surface area contributed by atoms with Gasteiger partial charge >= 0.3 is 12.1 Å². The summed E-state index contributed by atoms with van der Waals surface area (Å²) in [5, 5.41) is 2.77. The Hall–Kier alpha value is -1.73. The fourth-order valence-electron chi connectivity index (χ4n) is 2.55. The van der Waals surface area contributed by atoms with Crippen LogP contribution in [-0.2, 0) is 20.7 Å². The van der Waals surface area contributed by atoms with Crippen molar-refractivity contribution in [2.45, 2.75) is 44.1 Å². The Kier molecular flexibility index (Phi) is 6.58. The molecule has 1 amide bonds. The summed E-state index contributed by atoms with van der Waals surface area (Å²) < 4.78 is 9.91. The highest BCUT2D eigenvalue weighted by molar-refractivity contribution is 8.00. The van der Waals surface area contributed by atoms with Crippen molar-refractivity contribution in [2.24, 2.45) is 0 Å². The van der Waals surface area contributed by atoms with Crippen LogP contribution in [-0.4, -0.2) is 47.6 Å². The number of Topliss-reactive ketones (excluding diaryl/α,β-unsaturated/α-hetero) is 1. The summed E-state index contributed by atoms with van der Waals surface area (Å²) in [6.07, 6.45) is -0.166. The number of nitrogens with one attached hydrogen (secondary N) is 1. The second-order valence-corrected chi connectivity index (χ2v) is 8.59. The second kappa shape index (κ2) is 8.31. The predicted octanol–water partition coefficient (Wildman–Crippen LogP) is 3.25. The smallest absolute Gasteiger partial charge is 0.408 e. The minimum atomic E-state index is -0.903. The molecule has 1 aliphatic carbocycles. The highest BCUT2D eigenvalue weighted by Gasteiger charge is 2.33. The summed E-state index contributed by atoms with van der Waals surface area (Å²) in [7, 11) is 1.25. The molecule has 1 aromatic carbocycles. The van der Waals surface area contributed by atoms with Crippen LogP contribution in [0.5, 0.6) is 0 Å². The number of amides is 1. The maximum atomic E-state index is 12.5. The van der Waals surface area contributed by atoms with E-state index < -0.39 is 23.7 Å². The lowest BCUT2D eigenvalue weighted by Crippen LogP contribution is -2.45. The SMILES string of the molecule is COC(=O)C(CSC1Cc2cc(Cl)ccc2C1=O)NC(=O)OC(C)(C)C. The van der Waals surface area contributed by atoms with Gasteiger partial charge in [0.25, 0.3) is 0 Å². The van der Waals surface area contributed by atoms with Crippen molar-refractivity contribution in [1.29, 1.82) is 0 Å². The zero-order chi connectivity index (χ0) is 19.5. The number of hydrogen-bond acceptors (Lipinski definition) is 6. The number of rotatable bonds is 5. The van der Waals surface area contributed by atoms with Gasteiger partial charge in [0.05, 0.1) is 12.4 Å². The van der Waals surface area contributed by atoms with Crippen LogP contribution >= 0.6 is 23.4 Å². The van der Waals surface area contributed by atoms with E-state index in [1.165, 1.54) is 18.9 Å². The maximum absolute atomic E-state index is 12.5. The number of methoxy groups -OCH3 is 1. The first-order valence-corrected chi connectivity index (χ1v) is 9.55. The number of carbonyl (C=O) groups is 3. The van der Waals surface area contributed by atoms with Gasteiger partial charge in [0.1, 0.15) is 11.6 Å². The maximum Gasteiger partial charge on any atom is 0.408 e. The molecule has 2 unspecified atom stereocenters. The molecule has 0 bridgehead atoms. The van der Waals surface area contributed by atoms with E-state index in [2.05, 4.69) is 5.32 Å². The molecule has 0 spiro atoms. The zero-order valence-corrected chi connectivity index (χ0v) is 16.7. The molecule has 142 valence electrons. The van der Waals surface area contributed by atoms with Gasteiger partial charge in [-0.05, 0) is 51.0 Å². The van der Waals surface area contributed by atoms with Gasteiger partial charge in [0, 0.05) is 16.3 Å². The second-order valence-electron chi connectivity index (χ2n) is 6.91. The van der Waals surface area contributed by atoms with Gasteiger partial charge in [-0.1, -0.05) is 11.6 Å². The molecule has 1 aliphatic rings. The first-order chi connectivity index (χ1) is 12.1. The number of ketones is 1. The minimum Gasteiger partial charge on any atom is -0.467 e. The molecule has 0 fully saturated rings. The van der Waals surface area contributed by atoms with E-state index in [0.29, 0.717) is 17.0 Å². The van der Waals surface area contributed by atoms with Gasteiger partial charge in [-0.2, -0.15) is 0 Å². The monoisotopic (exact) mass is 399 g/mol. The number of hydrogen-bond donors (Lipinski definition) is 1. The summed E-state index contributed by atoms with van der Waals surface area (Å²) >= 11 is 7.28. The highest BCUT2D eigenvalue weighted by Crippen LogP contribution is 2.32. The summed E-state index contributed by atoms with van der Waals surface area (Å²) in [5.74, 6) is -0.388. The minimum absolute atomic E-state index is 0.00236. The lowest BCUT2D eigenvalue weighted by molar-refractivity contribution is -0.142. The van der Waals surface area contributed by atoms with Crippen molar-refractivity contribution in [2.75, 3.05) is 12.9 Å². The quantitative estimate of drug-likeness (QED) is 0.765. The molecule has 1 N–H and O–H groups in total. The molecule has 0 saturated heterocycles. The molecule has 0 aromatic heterocycles. The lowest BCUT2D eigenvalue weighted by atomic mass is 10.1. The fraction of sp³-hybridized carbons (Fsp3) is 0.500. The van der Waals surface area contributed by atoms with Crippen LogP contribution in [0.3, 0.4) is 0 Å². The number of benzene rings is 1. The fourth-order valence-corrected chi connectivity index (χ4v) is 3.96. The van der Waals surface area contributed by atoms with E-state index in [1.54, 1.807) is 39.0 Å². The molecular formula is C18H22ClNO5S. The average Bonchev–Trinajstić information content (AvgIpc) is 2.84. The lowest BCUT2D eigenvalue weighted by Gasteiger charge is -2.23. The Morgan fingerprint density at radius 1 is 1.38 bits per heavy atom. The summed E-state index contributed by atoms with van der Waals surface area (Å²) in [6.45, 7) is 5.19. The Labute approximate surface area is 161 Å². The van der Waals surface area contributed by atoms with Crippen LogP contribution in [0.15, 0.2) is 18.2 Å². The number of halogens is 1. The predicted molar refractivity (Wildman–Crippen MR) is 101 cm³/mol. The topological polar surface area (TPSA) is 81.7 Å². The number of esters is 1. The number of alkyl carbamates (subject to hydrolysis) is 1. The van der Waals surface area contributed by atoms with Crippen LogP contribution in [0, 0.1) is 0 Å². The number of thioether (sulfide) groups is 1. The van der Waals surface area contributed by atoms with Crippen molar-refractivity contribution in [3.05, 3.63) is 34.3 Å². The van der Waals surface area contributed by atoms with Crippen molar-refractivity contribution < 1.29 is 23.9 Å². The van der Waals surface area contributed by atoms with E-state index in [4.69, 9.17) is 21.1 Å². The molecule has 26 heavy (non-hydrogen) atoms. The van der Waals surface area contributed by atoms with Gasteiger partial charge in [-0.25, -0.2) is 9.59 Å². The summed E-state index contributed by atoms with van der Waals surface area (Å²) in [5.41, 5.74) is 0.872. The summed E-state index contributed by atoms with van der Waals surface area (Å²) in [6, 6.07) is 4.29. The molecule has 0 aliphatic heterocycles. The molecule has 0 saturated carbocycles. The third-order valence-corrected chi connectivity index (χ3v) is 5.22. The van der Waals surface area contributed by atoms with Crippen LogP contribution < -0.4 is 5.32 Å². The molecule has 8 heteroatoms. The third-order valence-electron chi connectivity index (χ3n) is 3.67. The van der Waals surface area contributed by atoms with Crippen LogP contribution in [0.25, 0.3) is 0 Å². The molecule has 0 radical (unpaired) electrons. The van der Waals surface area contributed by atoms with Crippen LogP contribution in [0.1, 0.15) is 36.7 Å². The third kappa shape index (κ3) is 5.38. The van der Waals surface area contributed by atoms with Crippen LogP contribution in [0.4, 0.5) is 4.79 Å². The molecule has 2 atom stereocenters. The Morgan fingerprint density at radius 2 is 2.08 bits per heavy atom. The Morgan fingerprint density at radius 3 is 2.69 bits per heavy atom. The van der Waals surface area contributed by atoms with Gasteiger partial charge < -0.3 is 14.8 Å². The molecule has 6 nitrogen and oxygen atoms in total. The first-order valence-electron chi connectivity index (χ1n) is 8.12. The molecular weight excluding hydrogens is 378 g/mol. The normalized spacial score (nSPS) is 17.4. The molecule has 0 heterocycles. The van der Waals surface area contributed by atoms with Gasteiger partial charge in [-0.3, -0.25) is 4.79 Å². The molecule has 2 rings (SSSR count). The van der Waals surface area contributed by atoms with Crippen molar-refractivity contribution in [1.82, 2.24) is 5.32 Å². The first kappa shape index (κ1) is 20.6.